The van der Waals surface area contributed by atoms with Crippen molar-refractivity contribution < 1.29 is 9.59 Å². The summed E-state index contributed by atoms with van der Waals surface area (Å²) < 4.78 is 0. The third kappa shape index (κ3) is 3.54. The number of benzene rings is 2. The molecule has 0 bridgehead atoms. The van der Waals surface area contributed by atoms with E-state index in [0.717, 1.165) is 22.4 Å². The molecule has 0 spiro atoms. The van der Waals surface area contributed by atoms with Gasteiger partial charge in [-0.15, -0.1) is 0 Å². The van der Waals surface area contributed by atoms with Crippen molar-refractivity contribution in [1.82, 2.24) is 0 Å². The van der Waals surface area contributed by atoms with Gasteiger partial charge in [-0.05, 0) is 74.6 Å². The Hall–Kier alpha value is -2.33. The number of amides is 2. The molecule has 0 radical (unpaired) electrons. The summed E-state index contributed by atoms with van der Waals surface area (Å²) in [5.41, 5.74) is 3.30. The predicted octanol–water partition coefficient (Wildman–Crippen LogP) is 4.62. The first-order chi connectivity index (χ1) is 11.8. The van der Waals surface area contributed by atoms with Crippen LogP contribution in [0.3, 0.4) is 0 Å². The molecular formula is C20H21ClN2O2. The van der Waals surface area contributed by atoms with Crippen LogP contribution in [0.1, 0.15) is 29.5 Å². The second-order valence-electron chi connectivity index (χ2n) is 6.78. The van der Waals surface area contributed by atoms with Crippen LogP contribution >= 0.6 is 11.6 Å². The molecule has 3 rings (SSSR count). The highest BCUT2D eigenvalue weighted by Crippen LogP contribution is 2.47. The van der Waals surface area contributed by atoms with Crippen LogP contribution in [0, 0.1) is 26.2 Å². The molecule has 1 saturated carbocycles. The van der Waals surface area contributed by atoms with Gasteiger partial charge in [0.1, 0.15) is 5.41 Å². The van der Waals surface area contributed by atoms with Gasteiger partial charge in [-0.3, -0.25) is 9.59 Å². The number of hydrogen-bond acceptors (Lipinski definition) is 2. The van der Waals surface area contributed by atoms with Crippen molar-refractivity contribution in [1.29, 1.82) is 0 Å². The third-order valence-corrected chi connectivity index (χ3v) is 5.02. The first kappa shape index (κ1) is 17.5. The monoisotopic (exact) mass is 356 g/mol. The lowest BCUT2D eigenvalue weighted by molar-refractivity contribution is -0.131. The molecule has 0 unspecified atom stereocenters. The molecular weight excluding hydrogens is 336 g/mol. The minimum absolute atomic E-state index is 0.255. The average molecular weight is 357 g/mol. The van der Waals surface area contributed by atoms with Crippen LogP contribution in [0.4, 0.5) is 11.4 Å². The van der Waals surface area contributed by atoms with Gasteiger partial charge in [0.15, 0.2) is 0 Å². The first-order valence-corrected chi connectivity index (χ1v) is 8.66. The summed E-state index contributed by atoms with van der Waals surface area (Å²) >= 11 is 6.10. The Bertz CT molecular complexity index is 837. The number of carbonyl (C=O) groups excluding carboxylic acids is 2. The molecule has 0 heterocycles. The standard InChI is InChI=1S/C20H21ClN2O2/c1-12-9-13(2)11-15(10-12)22-18(24)20(7-8-20)19(25)23-17-6-4-5-16(21)14(17)3/h4-6,9-11H,7-8H2,1-3H3,(H,22,24)(H,23,25). The third-order valence-electron chi connectivity index (χ3n) is 4.61. The summed E-state index contributed by atoms with van der Waals surface area (Å²) in [6, 6.07) is 11.2. The first-order valence-electron chi connectivity index (χ1n) is 8.28. The Morgan fingerprint density at radius 3 is 2.16 bits per heavy atom. The van der Waals surface area contributed by atoms with Gasteiger partial charge in [-0.25, -0.2) is 0 Å². The van der Waals surface area contributed by atoms with Crippen molar-refractivity contribution >= 4 is 34.8 Å². The molecule has 5 heteroatoms. The number of hydrogen-bond donors (Lipinski definition) is 2. The normalized spacial score (nSPS) is 14.7. The Balaban J connectivity index is 1.75. The highest BCUT2D eigenvalue weighted by molar-refractivity contribution is 6.31. The Morgan fingerprint density at radius 1 is 0.960 bits per heavy atom. The maximum Gasteiger partial charge on any atom is 0.240 e. The van der Waals surface area contributed by atoms with Crippen molar-refractivity contribution in [2.75, 3.05) is 10.6 Å². The summed E-state index contributed by atoms with van der Waals surface area (Å²) in [6.45, 7) is 5.79. The van der Waals surface area contributed by atoms with Gasteiger partial charge in [0.05, 0.1) is 0 Å². The lowest BCUT2D eigenvalue weighted by Crippen LogP contribution is -2.35. The molecule has 2 amide bonds. The number of carbonyl (C=O) groups is 2. The molecule has 1 fully saturated rings. The van der Waals surface area contributed by atoms with Gasteiger partial charge < -0.3 is 10.6 Å². The van der Waals surface area contributed by atoms with Gasteiger partial charge >= 0.3 is 0 Å². The summed E-state index contributed by atoms with van der Waals surface area (Å²) in [4.78, 5) is 25.4. The second kappa shape index (κ2) is 6.52. The zero-order valence-corrected chi connectivity index (χ0v) is 15.3. The topological polar surface area (TPSA) is 58.2 Å². The van der Waals surface area contributed by atoms with Gasteiger partial charge in [-0.2, -0.15) is 0 Å². The molecule has 0 aromatic heterocycles. The molecule has 1 aliphatic carbocycles. The van der Waals surface area contributed by atoms with Crippen molar-refractivity contribution in [3.63, 3.8) is 0 Å². The van der Waals surface area contributed by atoms with E-state index >= 15 is 0 Å². The predicted molar refractivity (Wildman–Crippen MR) is 101 cm³/mol. The molecule has 130 valence electrons. The van der Waals surface area contributed by atoms with E-state index < -0.39 is 5.41 Å². The fourth-order valence-corrected chi connectivity index (χ4v) is 3.14. The van der Waals surface area contributed by atoms with E-state index in [1.54, 1.807) is 18.2 Å². The second-order valence-corrected chi connectivity index (χ2v) is 7.19. The summed E-state index contributed by atoms with van der Waals surface area (Å²) in [6.07, 6.45) is 1.10. The van der Waals surface area contributed by atoms with Crippen LogP contribution < -0.4 is 10.6 Å². The smallest absolute Gasteiger partial charge is 0.240 e. The van der Waals surface area contributed by atoms with E-state index in [4.69, 9.17) is 11.6 Å². The molecule has 2 N–H and O–H groups in total. The van der Waals surface area contributed by atoms with Crippen LogP contribution in [0.2, 0.25) is 5.02 Å². The minimum atomic E-state index is -0.994. The molecule has 2 aromatic rings. The maximum absolute atomic E-state index is 12.7. The highest BCUT2D eigenvalue weighted by Gasteiger charge is 2.56. The minimum Gasteiger partial charge on any atom is -0.325 e. The molecule has 0 atom stereocenters. The zero-order chi connectivity index (χ0) is 18.2. The van der Waals surface area contributed by atoms with E-state index in [-0.39, 0.29) is 11.8 Å². The molecule has 25 heavy (non-hydrogen) atoms. The van der Waals surface area contributed by atoms with E-state index in [0.29, 0.717) is 23.6 Å². The van der Waals surface area contributed by atoms with Gasteiger partial charge in [0.2, 0.25) is 11.8 Å². The number of anilines is 2. The Labute approximate surface area is 152 Å². The van der Waals surface area contributed by atoms with E-state index in [1.807, 2.05) is 39.0 Å². The van der Waals surface area contributed by atoms with Gasteiger partial charge in [-0.1, -0.05) is 23.7 Å². The highest BCUT2D eigenvalue weighted by atomic mass is 35.5. The van der Waals surface area contributed by atoms with Crippen LogP contribution in [0.25, 0.3) is 0 Å². The van der Waals surface area contributed by atoms with Crippen LogP contribution in [-0.4, -0.2) is 11.8 Å². The van der Waals surface area contributed by atoms with Crippen molar-refractivity contribution in [2.24, 2.45) is 5.41 Å². The quantitative estimate of drug-likeness (QED) is 0.785. The van der Waals surface area contributed by atoms with Gasteiger partial charge in [0, 0.05) is 16.4 Å². The summed E-state index contributed by atoms with van der Waals surface area (Å²) in [5.74, 6) is -0.533. The SMILES string of the molecule is Cc1cc(C)cc(NC(=O)C2(C(=O)Nc3cccc(Cl)c3C)CC2)c1. The molecule has 1 aliphatic rings. The lowest BCUT2D eigenvalue weighted by atomic mass is 10.0. The van der Waals surface area contributed by atoms with E-state index in [9.17, 15) is 9.59 Å². The van der Waals surface area contributed by atoms with Crippen molar-refractivity contribution in [2.45, 2.75) is 33.6 Å². The fraction of sp³-hybridized carbons (Fsp3) is 0.300. The van der Waals surface area contributed by atoms with Gasteiger partial charge in [0.25, 0.3) is 0 Å². The summed E-state index contributed by atoms with van der Waals surface area (Å²) in [5, 5.41) is 6.34. The number of rotatable bonds is 4. The average Bonchev–Trinajstić information content (AvgIpc) is 3.32. The molecule has 0 saturated heterocycles. The fourth-order valence-electron chi connectivity index (χ4n) is 2.96. The molecule has 2 aromatic carbocycles. The van der Waals surface area contributed by atoms with Crippen LogP contribution in [0.15, 0.2) is 36.4 Å². The van der Waals surface area contributed by atoms with Crippen molar-refractivity contribution in [3.05, 3.63) is 58.1 Å². The number of aryl methyl sites for hydroxylation is 2. The number of halogens is 1. The lowest BCUT2D eigenvalue weighted by Gasteiger charge is -2.17. The largest absolute Gasteiger partial charge is 0.325 e. The van der Waals surface area contributed by atoms with E-state index in [1.165, 1.54) is 0 Å². The zero-order valence-electron chi connectivity index (χ0n) is 14.6. The van der Waals surface area contributed by atoms with Crippen LogP contribution in [-0.2, 0) is 9.59 Å². The number of nitrogens with one attached hydrogen (secondary N) is 2. The maximum atomic E-state index is 12.7. The molecule has 4 nitrogen and oxygen atoms in total. The van der Waals surface area contributed by atoms with E-state index in [2.05, 4.69) is 10.6 Å². The molecule has 0 aliphatic heterocycles. The van der Waals surface area contributed by atoms with Crippen molar-refractivity contribution in [3.8, 4) is 0 Å². The summed E-state index contributed by atoms with van der Waals surface area (Å²) in [7, 11) is 0. The Kier molecular flexibility index (Phi) is 4.56. The Morgan fingerprint density at radius 2 is 1.56 bits per heavy atom. The van der Waals surface area contributed by atoms with Crippen LogP contribution in [0.5, 0.6) is 0 Å².